The molecule has 2 N–H and O–H groups in total. The van der Waals surface area contributed by atoms with Crippen LogP contribution < -0.4 is 9.46 Å². The highest BCUT2D eigenvalue weighted by atomic mass is 32.2. The zero-order chi connectivity index (χ0) is 28.5. The van der Waals surface area contributed by atoms with Gasteiger partial charge in [-0.25, -0.2) is 21.8 Å². The minimum absolute atomic E-state index is 0.0158. The fourth-order valence-electron chi connectivity index (χ4n) is 4.19. The van der Waals surface area contributed by atoms with Gasteiger partial charge >= 0.3 is 0 Å². The zero-order valence-electron chi connectivity index (χ0n) is 21.9. The van der Waals surface area contributed by atoms with Gasteiger partial charge in [-0.15, -0.1) is 11.3 Å². The number of aromatic nitrogens is 2. The van der Waals surface area contributed by atoms with Crippen LogP contribution in [0.4, 0.5) is 5.69 Å². The molecular formula is C24H31N5O7S3. The standard InChI is InChI=1S/C24H31N5O7S3/c1-16-11-29(17(2)14-30)24(31)18-7-5-8-19(26-38(32,33)22-9-6-10-37-22)23(18)36-20(16)12-28(4)39(34,35)21-13-27(3)15-25-21/h5-10,13,15-17,20,26,30H,11-12,14H2,1-4H3/t16-,17+,20-/m1/s1. The molecule has 3 atom stereocenters. The van der Waals surface area contributed by atoms with Gasteiger partial charge < -0.3 is 19.3 Å². The van der Waals surface area contributed by atoms with Gasteiger partial charge in [-0.2, -0.15) is 4.31 Å². The Hall–Kier alpha value is -2.98. The number of fused-ring (bicyclic) bond motifs is 1. The van der Waals surface area contributed by atoms with E-state index in [9.17, 15) is 26.7 Å². The maximum absolute atomic E-state index is 13.6. The summed E-state index contributed by atoms with van der Waals surface area (Å²) in [5, 5.41) is 11.4. The van der Waals surface area contributed by atoms with E-state index >= 15 is 0 Å². The second kappa shape index (κ2) is 11.3. The molecule has 212 valence electrons. The molecule has 15 heteroatoms. The number of hydrogen-bond donors (Lipinski definition) is 2. The molecule has 0 unspecified atom stereocenters. The van der Waals surface area contributed by atoms with Crippen molar-refractivity contribution in [2.24, 2.45) is 13.0 Å². The summed E-state index contributed by atoms with van der Waals surface area (Å²) in [6.45, 7) is 3.27. The molecule has 3 heterocycles. The number of anilines is 1. The van der Waals surface area contributed by atoms with Crippen LogP contribution in [0.3, 0.4) is 0 Å². The first-order chi connectivity index (χ1) is 18.3. The Balaban J connectivity index is 1.76. The molecule has 1 amide bonds. The molecule has 1 aromatic carbocycles. The van der Waals surface area contributed by atoms with Crippen LogP contribution in [-0.2, 0) is 27.1 Å². The number of aliphatic hydroxyl groups is 1. The second-order valence-electron chi connectivity index (χ2n) is 9.51. The van der Waals surface area contributed by atoms with Crippen LogP contribution in [0, 0.1) is 5.92 Å². The Labute approximate surface area is 231 Å². The molecule has 0 fully saturated rings. The minimum atomic E-state index is -3.98. The molecule has 0 saturated heterocycles. The number of rotatable bonds is 9. The van der Waals surface area contributed by atoms with Gasteiger partial charge in [0.15, 0.2) is 10.8 Å². The molecule has 0 saturated carbocycles. The normalized spacial score (nSPS) is 19.2. The molecule has 0 spiro atoms. The molecule has 0 radical (unpaired) electrons. The van der Waals surface area contributed by atoms with E-state index in [4.69, 9.17) is 4.74 Å². The summed E-state index contributed by atoms with van der Waals surface area (Å²) >= 11 is 1.04. The SMILES string of the molecule is C[C@@H]1CN([C@@H](C)CO)C(=O)c2cccc(NS(=O)(=O)c3cccs3)c2O[C@@H]1CN(C)S(=O)(=O)c1cn(C)cn1. The number of nitrogens with one attached hydrogen (secondary N) is 1. The topological polar surface area (TPSA) is 151 Å². The molecule has 1 aliphatic rings. The van der Waals surface area contributed by atoms with Crippen LogP contribution in [-0.4, -0.2) is 85.5 Å². The lowest BCUT2D eigenvalue weighted by atomic mass is 9.99. The van der Waals surface area contributed by atoms with Gasteiger partial charge in [0, 0.05) is 32.8 Å². The third kappa shape index (κ3) is 5.96. The summed E-state index contributed by atoms with van der Waals surface area (Å²) in [5.41, 5.74) is 0.133. The quantitative estimate of drug-likeness (QED) is 0.379. The summed E-state index contributed by atoms with van der Waals surface area (Å²) in [7, 11) is -4.87. The average molecular weight is 598 g/mol. The van der Waals surface area contributed by atoms with E-state index in [1.165, 1.54) is 53.3 Å². The third-order valence-corrected chi connectivity index (χ3v) is 11.0. The number of amides is 1. The molecule has 12 nitrogen and oxygen atoms in total. The van der Waals surface area contributed by atoms with Crippen molar-refractivity contribution in [3.8, 4) is 5.75 Å². The number of aryl methyl sites for hydroxylation is 1. The van der Waals surface area contributed by atoms with E-state index in [0.29, 0.717) is 0 Å². The number of hydrogen-bond acceptors (Lipinski definition) is 9. The van der Waals surface area contributed by atoms with Crippen LogP contribution in [0.15, 0.2) is 57.5 Å². The van der Waals surface area contributed by atoms with Crippen molar-refractivity contribution in [2.75, 3.05) is 31.5 Å². The lowest BCUT2D eigenvalue weighted by molar-refractivity contribution is 0.0389. The monoisotopic (exact) mass is 597 g/mol. The van der Waals surface area contributed by atoms with Gasteiger partial charge in [0.2, 0.25) is 0 Å². The molecular weight excluding hydrogens is 566 g/mol. The molecule has 3 aromatic rings. The summed E-state index contributed by atoms with van der Waals surface area (Å²) < 4.78 is 64.0. The number of para-hydroxylation sites is 1. The van der Waals surface area contributed by atoms with Crippen LogP contribution in [0.25, 0.3) is 0 Å². The number of thiophene rings is 1. The molecule has 2 aromatic heterocycles. The molecule has 4 rings (SSSR count). The first-order valence-electron chi connectivity index (χ1n) is 12.1. The van der Waals surface area contributed by atoms with Crippen molar-refractivity contribution < 1.29 is 31.5 Å². The Kier molecular flexibility index (Phi) is 8.37. The van der Waals surface area contributed by atoms with Crippen LogP contribution in [0.1, 0.15) is 24.2 Å². The Morgan fingerprint density at radius 2 is 2.00 bits per heavy atom. The van der Waals surface area contributed by atoms with Crippen molar-refractivity contribution in [3.63, 3.8) is 0 Å². The van der Waals surface area contributed by atoms with E-state index < -0.39 is 44.0 Å². The highest BCUT2D eigenvalue weighted by Crippen LogP contribution is 2.36. The molecule has 1 aliphatic heterocycles. The highest BCUT2D eigenvalue weighted by Gasteiger charge is 2.37. The minimum Gasteiger partial charge on any atom is -0.486 e. The van der Waals surface area contributed by atoms with Crippen molar-refractivity contribution >= 4 is 43.0 Å². The number of carbonyl (C=O) groups excluding carboxylic acids is 1. The molecule has 0 bridgehead atoms. The van der Waals surface area contributed by atoms with Crippen LogP contribution in [0.5, 0.6) is 5.75 Å². The maximum atomic E-state index is 13.6. The lowest BCUT2D eigenvalue weighted by Crippen LogP contribution is -2.50. The summed E-state index contributed by atoms with van der Waals surface area (Å²) in [5.74, 6) is -0.860. The van der Waals surface area contributed by atoms with E-state index in [0.717, 1.165) is 15.6 Å². The van der Waals surface area contributed by atoms with Crippen molar-refractivity contribution in [3.05, 3.63) is 53.8 Å². The molecule has 0 aliphatic carbocycles. The first kappa shape index (κ1) is 29.0. The van der Waals surface area contributed by atoms with Gasteiger partial charge in [-0.3, -0.25) is 9.52 Å². The number of nitrogens with zero attached hydrogens (tertiary/aromatic N) is 4. The van der Waals surface area contributed by atoms with E-state index in [1.54, 1.807) is 32.3 Å². The number of sulfonamides is 2. The van der Waals surface area contributed by atoms with Crippen molar-refractivity contribution in [2.45, 2.75) is 35.2 Å². The first-order valence-corrected chi connectivity index (χ1v) is 15.9. The van der Waals surface area contributed by atoms with Gasteiger partial charge in [-0.05, 0) is 30.5 Å². The second-order valence-corrected chi connectivity index (χ2v) is 14.4. The van der Waals surface area contributed by atoms with Gasteiger partial charge in [0.1, 0.15) is 10.3 Å². The fourth-order valence-corrected chi connectivity index (χ4v) is 7.38. The van der Waals surface area contributed by atoms with E-state index in [-0.39, 0.29) is 45.9 Å². The lowest BCUT2D eigenvalue weighted by Gasteiger charge is -2.38. The number of ether oxygens (including phenoxy) is 1. The largest absolute Gasteiger partial charge is 0.486 e. The summed E-state index contributed by atoms with van der Waals surface area (Å²) in [6.07, 6.45) is 1.99. The van der Waals surface area contributed by atoms with Crippen molar-refractivity contribution in [1.29, 1.82) is 0 Å². The van der Waals surface area contributed by atoms with Gasteiger partial charge in [-0.1, -0.05) is 19.1 Å². The van der Waals surface area contributed by atoms with E-state index in [2.05, 4.69) is 9.71 Å². The third-order valence-electron chi connectivity index (χ3n) is 6.49. The highest BCUT2D eigenvalue weighted by molar-refractivity contribution is 7.94. The predicted octanol–water partition coefficient (Wildman–Crippen LogP) is 1.82. The van der Waals surface area contributed by atoms with E-state index in [1.807, 2.05) is 0 Å². The van der Waals surface area contributed by atoms with Gasteiger partial charge in [0.05, 0.1) is 36.8 Å². The number of carbonyl (C=O) groups is 1. The molecule has 39 heavy (non-hydrogen) atoms. The van der Waals surface area contributed by atoms with Crippen molar-refractivity contribution in [1.82, 2.24) is 18.8 Å². The number of likely N-dealkylation sites (N-methyl/N-ethyl adjacent to an activating group) is 1. The number of imidazole rings is 1. The summed E-state index contributed by atoms with van der Waals surface area (Å²) in [4.78, 5) is 19.1. The Morgan fingerprint density at radius 3 is 2.62 bits per heavy atom. The number of aliphatic hydroxyl groups excluding tert-OH is 1. The fraction of sp³-hybridized carbons (Fsp3) is 0.417. The smallest absolute Gasteiger partial charge is 0.271 e. The predicted molar refractivity (Wildman–Crippen MR) is 146 cm³/mol. The summed E-state index contributed by atoms with van der Waals surface area (Å²) in [6, 6.07) is 7.05. The average Bonchev–Trinajstić information content (AvgIpc) is 3.59. The number of benzene rings is 1. The zero-order valence-corrected chi connectivity index (χ0v) is 24.3. The van der Waals surface area contributed by atoms with Crippen LogP contribution >= 0.6 is 11.3 Å². The Morgan fingerprint density at radius 1 is 1.26 bits per heavy atom. The maximum Gasteiger partial charge on any atom is 0.271 e. The Bertz CT molecular complexity index is 1540. The van der Waals surface area contributed by atoms with Gasteiger partial charge in [0.25, 0.3) is 26.0 Å². The van der Waals surface area contributed by atoms with Crippen LogP contribution in [0.2, 0.25) is 0 Å².